The molecule has 8 nitrogen and oxygen atoms in total. The molecule has 1 aliphatic carbocycles. The van der Waals surface area contributed by atoms with Crippen molar-refractivity contribution in [3.05, 3.63) is 125 Å². The molecule has 0 aliphatic heterocycles. The molecule has 0 saturated heterocycles. The number of nitrogens with one attached hydrogen (secondary N) is 1. The van der Waals surface area contributed by atoms with Crippen LogP contribution in [0.3, 0.4) is 0 Å². The van der Waals surface area contributed by atoms with E-state index in [1.807, 2.05) is 30.3 Å². The highest BCUT2D eigenvalue weighted by Crippen LogP contribution is 2.32. The molecule has 0 heterocycles. The zero-order valence-corrected chi connectivity index (χ0v) is 27.6. The van der Waals surface area contributed by atoms with Gasteiger partial charge in [-0.25, -0.2) is 12.8 Å². The third-order valence-electron chi connectivity index (χ3n) is 8.27. The van der Waals surface area contributed by atoms with Gasteiger partial charge in [-0.15, -0.1) is 0 Å². The van der Waals surface area contributed by atoms with Crippen LogP contribution in [0.1, 0.15) is 36.8 Å². The first kappa shape index (κ1) is 33.9. The van der Waals surface area contributed by atoms with Crippen molar-refractivity contribution in [2.24, 2.45) is 0 Å². The molecule has 2 amide bonds. The van der Waals surface area contributed by atoms with Gasteiger partial charge in [0.05, 0.1) is 22.7 Å². The van der Waals surface area contributed by atoms with Gasteiger partial charge in [0.15, 0.2) is 0 Å². The second-order valence-electron chi connectivity index (χ2n) is 11.5. The van der Waals surface area contributed by atoms with Crippen molar-refractivity contribution in [3.8, 4) is 5.75 Å². The third kappa shape index (κ3) is 8.50. The molecule has 1 aliphatic rings. The van der Waals surface area contributed by atoms with Gasteiger partial charge in [0, 0.05) is 19.0 Å². The Labute approximate surface area is 280 Å². The van der Waals surface area contributed by atoms with Gasteiger partial charge in [0.2, 0.25) is 11.8 Å². The molecule has 5 rings (SSSR count). The fourth-order valence-corrected chi connectivity index (χ4v) is 7.45. The van der Waals surface area contributed by atoms with Crippen LogP contribution >= 0.6 is 11.6 Å². The van der Waals surface area contributed by atoms with Crippen molar-refractivity contribution in [3.63, 3.8) is 0 Å². The summed E-state index contributed by atoms with van der Waals surface area (Å²) >= 11 is 6.43. The van der Waals surface area contributed by atoms with Crippen LogP contribution in [0.15, 0.2) is 108 Å². The maximum atomic E-state index is 14.6. The van der Waals surface area contributed by atoms with Crippen molar-refractivity contribution in [1.82, 2.24) is 10.2 Å². The molecule has 1 saturated carbocycles. The van der Waals surface area contributed by atoms with E-state index >= 15 is 0 Å². The number of carbonyl (C=O) groups excluding carboxylic acids is 2. The lowest BCUT2D eigenvalue weighted by atomic mass is 10.0. The quantitative estimate of drug-likeness (QED) is 0.177. The summed E-state index contributed by atoms with van der Waals surface area (Å²) in [6.07, 6.45) is 3.88. The van der Waals surface area contributed by atoms with Crippen LogP contribution in [0.25, 0.3) is 0 Å². The molecule has 1 N–H and O–H groups in total. The summed E-state index contributed by atoms with van der Waals surface area (Å²) in [5.74, 6) is -1.06. The van der Waals surface area contributed by atoms with Crippen molar-refractivity contribution < 1.29 is 27.1 Å². The Morgan fingerprint density at radius 3 is 2.17 bits per heavy atom. The average molecular weight is 678 g/mol. The number of anilines is 1. The second-order valence-corrected chi connectivity index (χ2v) is 13.8. The fraction of sp³-hybridized carbons (Fsp3) is 0.278. The summed E-state index contributed by atoms with van der Waals surface area (Å²) in [6.45, 7) is -0.694. The van der Waals surface area contributed by atoms with Crippen LogP contribution in [-0.4, -0.2) is 50.9 Å². The normalized spacial score (nSPS) is 13.9. The molecule has 246 valence electrons. The first-order chi connectivity index (χ1) is 22.7. The molecule has 0 spiro atoms. The van der Waals surface area contributed by atoms with Gasteiger partial charge in [0.25, 0.3) is 10.0 Å². The molecule has 0 unspecified atom stereocenters. The second kappa shape index (κ2) is 15.5. The largest absolute Gasteiger partial charge is 0.495 e. The highest BCUT2D eigenvalue weighted by atomic mass is 35.5. The molecule has 1 atom stereocenters. The fourth-order valence-electron chi connectivity index (χ4n) is 5.77. The number of hydrogen-bond acceptors (Lipinski definition) is 5. The van der Waals surface area contributed by atoms with E-state index in [1.54, 1.807) is 30.3 Å². The summed E-state index contributed by atoms with van der Waals surface area (Å²) in [5.41, 5.74) is 1.55. The molecule has 0 radical (unpaired) electrons. The summed E-state index contributed by atoms with van der Waals surface area (Å²) in [6, 6.07) is 26.2. The van der Waals surface area contributed by atoms with Gasteiger partial charge in [-0.05, 0) is 66.4 Å². The van der Waals surface area contributed by atoms with Gasteiger partial charge < -0.3 is 15.0 Å². The first-order valence-electron chi connectivity index (χ1n) is 15.5. The van der Waals surface area contributed by atoms with Gasteiger partial charge in [-0.1, -0.05) is 85.1 Å². The first-order valence-corrected chi connectivity index (χ1v) is 17.3. The summed E-state index contributed by atoms with van der Waals surface area (Å²) < 4.78 is 48.4. The Morgan fingerprint density at radius 2 is 1.55 bits per heavy atom. The Bertz CT molecular complexity index is 1770. The number of amides is 2. The molecular formula is C36H37ClFN3O5S. The molecule has 4 aromatic carbocycles. The summed E-state index contributed by atoms with van der Waals surface area (Å²) in [4.78, 5) is 30.0. The number of ether oxygens (including phenoxy) is 1. The minimum Gasteiger partial charge on any atom is -0.495 e. The van der Waals surface area contributed by atoms with Gasteiger partial charge in [0.1, 0.15) is 24.2 Å². The van der Waals surface area contributed by atoms with Crippen LogP contribution in [0.2, 0.25) is 5.02 Å². The number of halogens is 2. The minimum atomic E-state index is -4.28. The molecule has 1 fully saturated rings. The standard InChI is InChI=1S/C36H37ClFN3O5S/c1-46-34-21-20-30(23-32(34)37)41(47(44,45)31-14-6-3-7-15-31)25-35(42)40(24-27-16-18-28(38)19-17-27)33(22-26-10-4-2-5-11-26)36(43)39-29-12-8-9-13-29/h2-7,10-11,14-21,23,29,33H,8-9,12-13,22,24-25H2,1H3,(H,39,43)/t33-/m1/s1. The van der Waals surface area contributed by atoms with E-state index in [2.05, 4.69) is 5.32 Å². The molecule has 0 bridgehead atoms. The topological polar surface area (TPSA) is 96.0 Å². The number of methoxy groups -OCH3 is 1. The van der Waals surface area contributed by atoms with Gasteiger partial charge in [-0.2, -0.15) is 0 Å². The predicted octanol–water partition coefficient (Wildman–Crippen LogP) is 6.38. The number of sulfonamides is 1. The zero-order valence-electron chi connectivity index (χ0n) is 26.0. The Morgan fingerprint density at radius 1 is 0.915 bits per heavy atom. The highest BCUT2D eigenvalue weighted by Gasteiger charge is 2.35. The smallest absolute Gasteiger partial charge is 0.264 e. The number of rotatable bonds is 13. The molecule has 4 aromatic rings. The van der Waals surface area contributed by atoms with Crippen LogP contribution in [0, 0.1) is 5.82 Å². The lowest BCUT2D eigenvalue weighted by Gasteiger charge is -2.34. The van der Waals surface area contributed by atoms with Gasteiger partial charge in [-0.3, -0.25) is 13.9 Å². The van der Waals surface area contributed by atoms with E-state index in [1.165, 1.54) is 54.5 Å². The van der Waals surface area contributed by atoms with Crippen LogP contribution in [0.5, 0.6) is 5.75 Å². The van der Waals surface area contributed by atoms with Crippen molar-refractivity contribution in [1.29, 1.82) is 0 Å². The molecule has 0 aromatic heterocycles. The Kier molecular flexibility index (Phi) is 11.2. The third-order valence-corrected chi connectivity index (χ3v) is 10.4. The SMILES string of the molecule is COc1ccc(N(CC(=O)N(Cc2ccc(F)cc2)[C@H](Cc2ccccc2)C(=O)NC2CCCC2)S(=O)(=O)c2ccccc2)cc1Cl. The van der Waals surface area contributed by atoms with E-state index in [-0.39, 0.29) is 40.5 Å². The summed E-state index contributed by atoms with van der Waals surface area (Å²) in [7, 11) is -2.84. The number of benzene rings is 4. The molecular weight excluding hydrogens is 641 g/mol. The van der Waals surface area contributed by atoms with Crippen molar-refractivity contribution in [2.45, 2.75) is 55.6 Å². The Balaban J connectivity index is 1.57. The van der Waals surface area contributed by atoms with Crippen LogP contribution in [-0.2, 0) is 32.6 Å². The van der Waals surface area contributed by atoms with E-state index < -0.39 is 34.3 Å². The lowest BCUT2D eigenvalue weighted by molar-refractivity contribution is -0.140. The molecule has 47 heavy (non-hydrogen) atoms. The molecule has 11 heteroatoms. The van der Waals surface area contributed by atoms with E-state index in [0.29, 0.717) is 11.3 Å². The average Bonchev–Trinajstić information content (AvgIpc) is 3.59. The Hall–Kier alpha value is -4.41. The van der Waals surface area contributed by atoms with E-state index in [9.17, 15) is 22.4 Å². The van der Waals surface area contributed by atoms with E-state index in [0.717, 1.165) is 35.6 Å². The summed E-state index contributed by atoms with van der Waals surface area (Å²) in [5, 5.41) is 3.29. The monoisotopic (exact) mass is 677 g/mol. The lowest BCUT2D eigenvalue weighted by Crippen LogP contribution is -2.54. The predicted molar refractivity (Wildman–Crippen MR) is 180 cm³/mol. The highest BCUT2D eigenvalue weighted by molar-refractivity contribution is 7.92. The number of nitrogens with zero attached hydrogens (tertiary/aromatic N) is 2. The maximum absolute atomic E-state index is 14.6. The van der Waals surface area contributed by atoms with Gasteiger partial charge >= 0.3 is 0 Å². The van der Waals surface area contributed by atoms with Crippen molar-refractivity contribution in [2.75, 3.05) is 18.0 Å². The number of hydrogen-bond donors (Lipinski definition) is 1. The maximum Gasteiger partial charge on any atom is 0.264 e. The number of carbonyl (C=O) groups is 2. The van der Waals surface area contributed by atoms with Crippen LogP contribution in [0.4, 0.5) is 10.1 Å². The van der Waals surface area contributed by atoms with E-state index in [4.69, 9.17) is 16.3 Å². The van der Waals surface area contributed by atoms with Crippen molar-refractivity contribution >= 4 is 39.1 Å². The van der Waals surface area contributed by atoms with Crippen LogP contribution < -0.4 is 14.4 Å². The zero-order chi connectivity index (χ0) is 33.4. The minimum absolute atomic E-state index is 0.0139.